The Kier molecular flexibility index (Phi) is 6.29. The van der Waals surface area contributed by atoms with Gasteiger partial charge in [0, 0.05) is 6.54 Å². The summed E-state index contributed by atoms with van der Waals surface area (Å²) in [5.41, 5.74) is 2.83. The van der Waals surface area contributed by atoms with Gasteiger partial charge < -0.3 is 10.1 Å². The van der Waals surface area contributed by atoms with E-state index in [0.717, 1.165) is 25.1 Å². The summed E-state index contributed by atoms with van der Waals surface area (Å²) in [7, 11) is 0. The number of carbonyl (C=O) groups excluding carboxylic acids is 1. The standard InChI is InChI=1S/C19H29NO2/c1-4-18(19(21)20-12-11-14(2)3)22-17-10-9-15-7-5-6-8-16(15)13-17/h9-10,13-14,18H,4-8,11-12H2,1-3H3,(H,20,21)/t18-/m1/s1. The van der Waals surface area contributed by atoms with E-state index in [1.807, 2.05) is 13.0 Å². The van der Waals surface area contributed by atoms with Crippen LogP contribution < -0.4 is 10.1 Å². The molecule has 1 amide bonds. The molecule has 0 heterocycles. The van der Waals surface area contributed by atoms with Crippen molar-refractivity contribution in [3.8, 4) is 5.75 Å². The molecule has 1 N–H and O–H groups in total. The summed E-state index contributed by atoms with van der Waals surface area (Å²) in [6, 6.07) is 6.29. The van der Waals surface area contributed by atoms with Gasteiger partial charge in [0.25, 0.3) is 5.91 Å². The molecule has 0 saturated heterocycles. The number of aryl methyl sites for hydroxylation is 2. The van der Waals surface area contributed by atoms with Gasteiger partial charge >= 0.3 is 0 Å². The minimum atomic E-state index is -0.395. The van der Waals surface area contributed by atoms with Gasteiger partial charge in [-0.15, -0.1) is 0 Å². The summed E-state index contributed by atoms with van der Waals surface area (Å²) in [5.74, 6) is 1.43. The van der Waals surface area contributed by atoms with Crippen molar-refractivity contribution < 1.29 is 9.53 Å². The second-order valence-corrected chi connectivity index (χ2v) is 6.63. The Morgan fingerprint density at radius 3 is 2.64 bits per heavy atom. The van der Waals surface area contributed by atoms with Crippen LogP contribution in [0.1, 0.15) is 57.6 Å². The van der Waals surface area contributed by atoms with Crippen molar-refractivity contribution in [1.82, 2.24) is 5.32 Å². The number of ether oxygens (including phenoxy) is 1. The number of nitrogens with one attached hydrogen (secondary N) is 1. The number of fused-ring (bicyclic) bond motifs is 1. The molecule has 0 radical (unpaired) electrons. The third-order valence-corrected chi connectivity index (χ3v) is 4.28. The fourth-order valence-electron chi connectivity index (χ4n) is 2.87. The van der Waals surface area contributed by atoms with Crippen molar-refractivity contribution in [2.24, 2.45) is 5.92 Å². The second kappa shape index (κ2) is 8.21. The van der Waals surface area contributed by atoms with E-state index in [4.69, 9.17) is 4.74 Å². The molecule has 22 heavy (non-hydrogen) atoms. The largest absolute Gasteiger partial charge is 0.481 e. The molecule has 2 rings (SSSR count). The van der Waals surface area contributed by atoms with Crippen molar-refractivity contribution in [2.75, 3.05) is 6.54 Å². The van der Waals surface area contributed by atoms with Crippen molar-refractivity contribution in [3.05, 3.63) is 29.3 Å². The molecular weight excluding hydrogens is 274 g/mol. The van der Waals surface area contributed by atoms with Crippen LogP contribution in [0.2, 0.25) is 0 Å². The van der Waals surface area contributed by atoms with Gasteiger partial charge in [-0.3, -0.25) is 4.79 Å². The fraction of sp³-hybridized carbons (Fsp3) is 0.632. The van der Waals surface area contributed by atoms with Gasteiger partial charge in [0.15, 0.2) is 6.10 Å². The van der Waals surface area contributed by atoms with Gasteiger partial charge in [-0.1, -0.05) is 26.8 Å². The molecule has 122 valence electrons. The highest BCUT2D eigenvalue weighted by atomic mass is 16.5. The maximum atomic E-state index is 12.2. The normalized spacial score (nSPS) is 15.3. The van der Waals surface area contributed by atoms with Crippen LogP contribution in [-0.2, 0) is 17.6 Å². The van der Waals surface area contributed by atoms with Crippen LogP contribution in [0.5, 0.6) is 5.75 Å². The second-order valence-electron chi connectivity index (χ2n) is 6.63. The topological polar surface area (TPSA) is 38.3 Å². The van der Waals surface area contributed by atoms with Crippen molar-refractivity contribution in [1.29, 1.82) is 0 Å². The molecule has 0 saturated carbocycles. The van der Waals surface area contributed by atoms with Gasteiger partial charge in [0.05, 0.1) is 0 Å². The molecule has 1 aromatic carbocycles. The first-order chi connectivity index (χ1) is 10.6. The minimum absolute atomic E-state index is 0.000806. The molecule has 0 aromatic heterocycles. The minimum Gasteiger partial charge on any atom is -0.481 e. The average molecular weight is 303 g/mol. The number of carbonyl (C=O) groups is 1. The quantitative estimate of drug-likeness (QED) is 0.830. The zero-order chi connectivity index (χ0) is 15.9. The lowest BCUT2D eigenvalue weighted by Crippen LogP contribution is -2.38. The summed E-state index contributed by atoms with van der Waals surface area (Å²) >= 11 is 0. The molecule has 0 fully saturated rings. The van der Waals surface area contributed by atoms with Crippen LogP contribution in [-0.4, -0.2) is 18.6 Å². The van der Waals surface area contributed by atoms with Crippen molar-refractivity contribution in [2.45, 2.75) is 65.4 Å². The highest BCUT2D eigenvalue weighted by Crippen LogP contribution is 2.26. The van der Waals surface area contributed by atoms with E-state index >= 15 is 0 Å². The van der Waals surface area contributed by atoms with Crippen LogP contribution in [0.25, 0.3) is 0 Å². The SMILES string of the molecule is CC[C@@H](Oc1ccc2c(c1)CCCC2)C(=O)NCCC(C)C. The molecule has 1 atom stereocenters. The molecule has 0 unspecified atom stereocenters. The van der Waals surface area contributed by atoms with E-state index < -0.39 is 6.10 Å². The number of benzene rings is 1. The van der Waals surface area contributed by atoms with Crippen LogP contribution in [0, 0.1) is 5.92 Å². The predicted octanol–water partition coefficient (Wildman–Crippen LogP) is 3.89. The van der Waals surface area contributed by atoms with Crippen molar-refractivity contribution >= 4 is 5.91 Å². The molecular formula is C19H29NO2. The first-order valence-corrected chi connectivity index (χ1v) is 8.66. The van der Waals surface area contributed by atoms with Gasteiger partial charge in [-0.25, -0.2) is 0 Å². The summed E-state index contributed by atoms with van der Waals surface area (Å²) < 4.78 is 5.94. The first-order valence-electron chi connectivity index (χ1n) is 8.66. The molecule has 1 aliphatic rings. The lowest BCUT2D eigenvalue weighted by atomic mass is 9.92. The van der Waals surface area contributed by atoms with Gasteiger partial charge in [0.2, 0.25) is 0 Å². The Morgan fingerprint density at radius 1 is 1.23 bits per heavy atom. The Morgan fingerprint density at radius 2 is 1.95 bits per heavy atom. The molecule has 3 nitrogen and oxygen atoms in total. The highest BCUT2D eigenvalue weighted by molar-refractivity contribution is 5.81. The van der Waals surface area contributed by atoms with Crippen LogP contribution in [0.3, 0.4) is 0 Å². The smallest absolute Gasteiger partial charge is 0.261 e. The monoisotopic (exact) mass is 303 g/mol. The molecule has 3 heteroatoms. The number of rotatable bonds is 7. The Bertz CT molecular complexity index is 496. The van der Waals surface area contributed by atoms with E-state index in [2.05, 4.69) is 31.3 Å². The third-order valence-electron chi connectivity index (χ3n) is 4.28. The van der Waals surface area contributed by atoms with Gasteiger partial charge in [0.1, 0.15) is 5.75 Å². The molecule has 1 aliphatic carbocycles. The number of hydrogen-bond acceptors (Lipinski definition) is 2. The third kappa shape index (κ3) is 4.75. The van der Waals surface area contributed by atoms with Gasteiger partial charge in [-0.05, 0) is 67.7 Å². The zero-order valence-corrected chi connectivity index (χ0v) is 14.2. The zero-order valence-electron chi connectivity index (χ0n) is 14.2. The average Bonchev–Trinajstić information content (AvgIpc) is 2.52. The molecule has 0 spiro atoms. The Balaban J connectivity index is 1.93. The number of amides is 1. The maximum absolute atomic E-state index is 12.2. The first kappa shape index (κ1) is 16.9. The number of hydrogen-bond donors (Lipinski definition) is 1. The van der Waals surface area contributed by atoms with E-state index in [1.54, 1.807) is 0 Å². The van der Waals surface area contributed by atoms with E-state index in [0.29, 0.717) is 12.3 Å². The summed E-state index contributed by atoms with van der Waals surface area (Å²) in [6.07, 6.45) is 6.12. The Labute approximate surface area is 134 Å². The van der Waals surface area contributed by atoms with E-state index in [-0.39, 0.29) is 5.91 Å². The van der Waals surface area contributed by atoms with E-state index in [1.165, 1.54) is 30.4 Å². The molecule has 0 bridgehead atoms. The lowest BCUT2D eigenvalue weighted by molar-refractivity contribution is -0.128. The van der Waals surface area contributed by atoms with Crippen LogP contribution >= 0.6 is 0 Å². The fourth-order valence-corrected chi connectivity index (χ4v) is 2.87. The predicted molar refractivity (Wildman–Crippen MR) is 90.3 cm³/mol. The van der Waals surface area contributed by atoms with Crippen LogP contribution in [0.4, 0.5) is 0 Å². The summed E-state index contributed by atoms with van der Waals surface area (Å²) in [4.78, 5) is 12.2. The molecule has 0 aliphatic heterocycles. The van der Waals surface area contributed by atoms with E-state index in [9.17, 15) is 4.79 Å². The van der Waals surface area contributed by atoms with Crippen LogP contribution in [0.15, 0.2) is 18.2 Å². The maximum Gasteiger partial charge on any atom is 0.261 e. The molecule has 1 aromatic rings. The van der Waals surface area contributed by atoms with Crippen molar-refractivity contribution in [3.63, 3.8) is 0 Å². The summed E-state index contributed by atoms with van der Waals surface area (Å²) in [6.45, 7) is 7.03. The summed E-state index contributed by atoms with van der Waals surface area (Å²) in [5, 5.41) is 2.98. The van der Waals surface area contributed by atoms with Gasteiger partial charge in [-0.2, -0.15) is 0 Å². The highest BCUT2D eigenvalue weighted by Gasteiger charge is 2.19. The lowest BCUT2D eigenvalue weighted by Gasteiger charge is -2.20. The Hall–Kier alpha value is -1.51.